The van der Waals surface area contributed by atoms with Gasteiger partial charge in [-0.3, -0.25) is 57.5 Å². The Hall–Kier alpha value is -6.64. The molecule has 31 nitrogen and oxygen atoms in total. The SMILES string of the molecule is CC(C)[C@H](NC(=O)[C@@H](NC(=O)[C@@H](NC(=O)[C@H](CO)NC(=O)[C@@H](NC(=O)[C@H](C)NC(=O)[C@H](CC(N)=O)NC(=O)[C@H](CO)NC(=O)CN)[C@@H](C)O)[C@@H](C)O)[C@@H](C)O)C(=O)N[C@@H](CCCCN)C(=O)N[C@@H](C)C(=O)O. The zero-order chi connectivity index (χ0) is 55.7. The number of hydrogen-bond acceptors (Lipinski definition) is 19. The highest BCUT2D eigenvalue weighted by Crippen LogP contribution is 2.09. The van der Waals surface area contributed by atoms with Gasteiger partial charge in [0.2, 0.25) is 65.0 Å². The molecule has 0 unspecified atom stereocenters. The molecule has 11 amide bonds. The number of hydrogen-bond donors (Lipinski definition) is 19. The summed E-state index contributed by atoms with van der Waals surface area (Å²) in [4.78, 5) is 154. The molecule has 72 heavy (non-hydrogen) atoms. The predicted molar refractivity (Wildman–Crippen MR) is 248 cm³/mol. The first-order chi connectivity index (χ1) is 33.5. The van der Waals surface area contributed by atoms with Crippen LogP contribution in [0.1, 0.15) is 74.1 Å². The van der Waals surface area contributed by atoms with E-state index in [1.807, 2.05) is 5.32 Å². The van der Waals surface area contributed by atoms with Crippen LogP contribution in [0.25, 0.3) is 0 Å². The topological polar surface area (TPSA) is 525 Å². The highest BCUT2D eigenvalue weighted by atomic mass is 16.4. The van der Waals surface area contributed by atoms with Crippen molar-refractivity contribution in [1.82, 2.24) is 53.2 Å². The van der Waals surface area contributed by atoms with Crippen LogP contribution in [0.3, 0.4) is 0 Å². The summed E-state index contributed by atoms with van der Waals surface area (Å²) < 4.78 is 0. The minimum atomic E-state index is -1.97. The Labute approximate surface area is 414 Å². The quantitative estimate of drug-likeness (QED) is 0.0271. The molecule has 0 saturated carbocycles. The van der Waals surface area contributed by atoms with E-state index in [4.69, 9.17) is 17.2 Å². The Bertz CT molecular complexity index is 1910. The smallest absolute Gasteiger partial charge is 0.325 e. The summed E-state index contributed by atoms with van der Waals surface area (Å²) in [6.45, 7) is 6.04. The molecule has 410 valence electrons. The maximum atomic E-state index is 13.6. The summed E-state index contributed by atoms with van der Waals surface area (Å²) in [7, 11) is 0. The zero-order valence-corrected chi connectivity index (χ0v) is 41.1. The molecule has 0 aliphatic rings. The van der Waals surface area contributed by atoms with Crippen LogP contribution in [0, 0.1) is 5.92 Å². The average Bonchev–Trinajstić information content (AvgIpc) is 3.29. The van der Waals surface area contributed by atoms with E-state index in [0.29, 0.717) is 12.8 Å². The lowest BCUT2D eigenvalue weighted by Crippen LogP contribution is -2.64. The van der Waals surface area contributed by atoms with Crippen molar-refractivity contribution < 1.29 is 88.2 Å². The van der Waals surface area contributed by atoms with Crippen molar-refractivity contribution in [2.24, 2.45) is 23.1 Å². The maximum Gasteiger partial charge on any atom is 0.325 e. The molecule has 22 N–H and O–H groups in total. The number of aliphatic hydroxyl groups is 5. The molecule has 0 aliphatic carbocycles. The van der Waals surface area contributed by atoms with Gasteiger partial charge < -0.3 is 101 Å². The monoisotopic (exact) mass is 1040 g/mol. The summed E-state index contributed by atoms with van der Waals surface area (Å²) in [5.74, 6) is -14.3. The normalized spacial score (nSPS) is 16.5. The second kappa shape index (κ2) is 32.4. The number of carbonyl (C=O) groups is 12. The Morgan fingerprint density at radius 3 is 1.22 bits per heavy atom. The van der Waals surface area contributed by atoms with Gasteiger partial charge in [0.25, 0.3) is 0 Å². The van der Waals surface area contributed by atoms with Gasteiger partial charge in [0.1, 0.15) is 60.4 Å². The average molecular weight is 1040 g/mol. The van der Waals surface area contributed by atoms with Crippen LogP contribution < -0.4 is 70.4 Å². The number of rotatable bonds is 33. The van der Waals surface area contributed by atoms with Gasteiger partial charge in [-0.15, -0.1) is 0 Å². The summed E-state index contributed by atoms with van der Waals surface area (Å²) in [5.41, 5.74) is 15.9. The third-order valence-electron chi connectivity index (χ3n) is 10.4. The highest BCUT2D eigenvalue weighted by Gasteiger charge is 2.38. The van der Waals surface area contributed by atoms with Crippen LogP contribution in [0.5, 0.6) is 0 Å². The van der Waals surface area contributed by atoms with E-state index in [0.717, 1.165) is 27.7 Å². The molecule has 0 aromatic rings. The zero-order valence-electron chi connectivity index (χ0n) is 41.1. The van der Waals surface area contributed by atoms with Crippen molar-refractivity contribution in [3.05, 3.63) is 0 Å². The molecule has 31 heteroatoms. The first-order valence-electron chi connectivity index (χ1n) is 22.7. The van der Waals surface area contributed by atoms with Crippen molar-refractivity contribution >= 4 is 70.9 Å². The molecule has 0 rings (SSSR count). The lowest BCUT2D eigenvalue weighted by molar-refractivity contribution is -0.142. The van der Waals surface area contributed by atoms with E-state index in [-0.39, 0.29) is 13.0 Å². The summed E-state index contributed by atoms with van der Waals surface area (Å²) in [6.07, 6.45) is -5.19. The number of carboxylic acid groups (broad SMARTS) is 1. The molecular formula is C41H73N13O18. The second-order valence-corrected chi connectivity index (χ2v) is 17.0. The standard InChI is InChI=1S/C41H73N13O18/c1-16(2)28(37(67)48-22(10-8-9-11-42)33(63)46-18(4)41(71)72)51-39(69)31(21(7)59)54-40(70)30(20(6)58)53-36(66)25(15-56)50-38(68)29(19(5)57)52-32(62)17(3)45-34(64)23(12-26(44)60)49-35(65)24(14-55)47-27(61)13-43/h16-25,28-31,55-59H,8-15,42-43H2,1-7H3,(H2,44,60)(H,45,64)(H,46,63)(H,47,61)(H,48,67)(H,49,65)(H,50,68)(H,51,69)(H,52,62)(H,53,66)(H,54,70)(H,71,72)/t17-,18-,19+,20+,21+,22-,23-,24-,25-,28-,29-,30-,31-/m0/s1. The van der Waals surface area contributed by atoms with Crippen LogP contribution in [0.15, 0.2) is 0 Å². The summed E-state index contributed by atoms with van der Waals surface area (Å²) >= 11 is 0. The predicted octanol–water partition coefficient (Wildman–Crippen LogP) is -10.3. The number of amides is 11. The van der Waals surface area contributed by atoms with E-state index in [2.05, 4.69) is 47.9 Å². The van der Waals surface area contributed by atoms with Gasteiger partial charge >= 0.3 is 5.97 Å². The van der Waals surface area contributed by atoms with Crippen LogP contribution >= 0.6 is 0 Å². The molecule has 0 aromatic heterocycles. The molecule has 0 fully saturated rings. The number of nitrogens with one attached hydrogen (secondary N) is 10. The molecule has 0 spiro atoms. The largest absolute Gasteiger partial charge is 0.480 e. The van der Waals surface area contributed by atoms with Gasteiger partial charge in [0.05, 0.1) is 44.5 Å². The van der Waals surface area contributed by atoms with Crippen molar-refractivity contribution in [3.63, 3.8) is 0 Å². The van der Waals surface area contributed by atoms with Gasteiger partial charge in [-0.2, -0.15) is 0 Å². The fourth-order valence-electron chi connectivity index (χ4n) is 6.13. The Balaban J connectivity index is 6.10. The van der Waals surface area contributed by atoms with Crippen molar-refractivity contribution in [2.75, 3.05) is 26.3 Å². The fraction of sp³-hybridized carbons (Fsp3) is 0.707. The van der Waals surface area contributed by atoms with Crippen LogP contribution in [-0.4, -0.2) is 207 Å². The van der Waals surface area contributed by atoms with Crippen LogP contribution in [0.2, 0.25) is 0 Å². The Kier molecular flexibility index (Phi) is 29.4. The number of carboxylic acids is 1. The van der Waals surface area contributed by atoms with Gasteiger partial charge in [0.15, 0.2) is 0 Å². The first kappa shape index (κ1) is 65.4. The number of nitrogens with two attached hydrogens (primary N) is 3. The van der Waals surface area contributed by atoms with E-state index in [1.165, 1.54) is 20.8 Å². The van der Waals surface area contributed by atoms with Crippen molar-refractivity contribution in [3.8, 4) is 0 Å². The molecule has 0 radical (unpaired) electrons. The summed E-state index contributed by atoms with van der Waals surface area (Å²) in [6, 6.07) is -16.7. The highest BCUT2D eigenvalue weighted by molar-refractivity contribution is 5.99. The van der Waals surface area contributed by atoms with Crippen LogP contribution in [-0.2, 0) is 57.5 Å². The van der Waals surface area contributed by atoms with Gasteiger partial charge in [-0.1, -0.05) is 13.8 Å². The van der Waals surface area contributed by atoms with Gasteiger partial charge in [-0.25, -0.2) is 0 Å². The summed E-state index contributed by atoms with van der Waals surface area (Å²) in [5, 5.41) is 82.1. The maximum absolute atomic E-state index is 13.6. The molecule has 13 atom stereocenters. The Morgan fingerprint density at radius 2 is 0.792 bits per heavy atom. The lowest BCUT2D eigenvalue weighted by Gasteiger charge is -2.30. The number of carbonyl (C=O) groups excluding carboxylic acids is 11. The first-order valence-corrected chi connectivity index (χ1v) is 22.7. The number of primary amides is 1. The molecule has 0 heterocycles. The van der Waals surface area contributed by atoms with Gasteiger partial charge in [-0.05, 0) is 66.3 Å². The fourth-order valence-corrected chi connectivity index (χ4v) is 6.13. The molecule has 0 aliphatic heterocycles. The molecular weight excluding hydrogens is 963 g/mol. The second-order valence-electron chi connectivity index (χ2n) is 17.0. The third kappa shape index (κ3) is 22.6. The van der Waals surface area contributed by atoms with E-state index >= 15 is 0 Å². The molecule has 0 aromatic carbocycles. The number of aliphatic hydroxyl groups excluding tert-OH is 5. The van der Waals surface area contributed by atoms with E-state index in [9.17, 15) is 88.2 Å². The lowest BCUT2D eigenvalue weighted by atomic mass is 10.0. The minimum absolute atomic E-state index is 0.0424. The van der Waals surface area contributed by atoms with Crippen molar-refractivity contribution in [1.29, 1.82) is 0 Å². The van der Waals surface area contributed by atoms with Crippen molar-refractivity contribution in [2.45, 2.75) is 153 Å². The minimum Gasteiger partial charge on any atom is -0.480 e. The van der Waals surface area contributed by atoms with E-state index < -0.39 is 182 Å². The van der Waals surface area contributed by atoms with Crippen LogP contribution in [0.4, 0.5) is 0 Å². The number of aliphatic carboxylic acids is 1. The van der Waals surface area contributed by atoms with E-state index in [1.54, 1.807) is 0 Å². The Morgan fingerprint density at radius 1 is 0.431 bits per heavy atom. The van der Waals surface area contributed by atoms with Gasteiger partial charge in [0, 0.05) is 0 Å². The molecule has 0 saturated heterocycles. The molecule has 0 bridgehead atoms. The number of unbranched alkanes of at least 4 members (excludes halogenated alkanes) is 1. The third-order valence-corrected chi connectivity index (χ3v) is 10.4.